The molecule has 0 bridgehead atoms. The summed E-state index contributed by atoms with van der Waals surface area (Å²) in [6, 6.07) is 14.7. The molecular formula is C15H13NO3S. The second-order valence-electron chi connectivity index (χ2n) is 3.94. The molecule has 0 saturated carbocycles. The number of hydrogen-bond donors (Lipinski definition) is 1. The van der Waals surface area contributed by atoms with Gasteiger partial charge in [-0.2, -0.15) is 0 Å². The smallest absolute Gasteiger partial charge is 0.261 e. The maximum absolute atomic E-state index is 12.1. The number of rotatable bonds is 5. The molecule has 0 heterocycles. The molecule has 2 rings (SSSR count). The summed E-state index contributed by atoms with van der Waals surface area (Å²) in [7, 11) is -3.57. The van der Waals surface area contributed by atoms with Crippen LogP contribution in [0.5, 0.6) is 5.75 Å². The lowest BCUT2D eigenvalue weighted by atomic mass is 10.3. The highest BCUT2D eigenvalue weighted by molar-refractivity contribution is 7.92. The largest absolute Gasteiger partial charge is 0.481 e. The molecule has 4 nitrogen and oxygen atoms in total. The highest BCUT2D eigenvalue weighted by Crippen LogP contribution is 2.19. The van der Waals surface area contributed by atoms with Crippen molar-refractivity contribution in [2.45, 2.75) is 4.90 Å². The van der Waals surface area contributed by atoms with E-state index in [0.29, 0.717) is 11.4 Å². The Balaban J connectivity index is 2.12. The van der Waals surface area contributed by atoms with E-state index < -0.39 is 10.0 Å². The second-order valence-corrected chi connectivity index (χ2v) is 5.62. The molecule has 102 valence electrons. The van der Waals surface area contributed by atoms with Crippen molar-refractivity contribution in [3.8, 4) is 18.1 Å². The van der Waals surface area contributed by atoms with E-state index in [1.54, 1.807) is 42.5 Å². The van der Waals surface area contributed by atoms with Crippen LogP contribution in [-0.4, -0.2) is 15.0 Å². The van der Waals surface area contributed by atoms with Gasteiger partial charge >= 0.3 is 0 Å². The average Bonchev–Trinajstić information content (AvgIpc) is 2.47. The van der Waals surface area contributed by atoms with E-state index in [-0.39, 0.29) is 11.5 Å². The van der Waals surface area contributed by atoms with Crippen molar-refractivity contribution in [2.24, 2.45) is 0 Å². The Labute approximate surface area is 118 Å². The maximum atomic E-state index is 12.1. The number of benzene rings is 2. The number of anilines is 1. The number of sulfonamides is 1. The maximum Gasteiger partial charge on any atom is 0.261 e. The van der Waals surface area contributed by atoms with Gasteiger partial charge in [0.25, 0.3) is 10.0 Å². The van der Waals surface area contributed by atoms with Crippen molar-refractivity contribution in [1.82, 2.24) is 0 Å². The topological polar surface area (TPSA) is 55.4 Å². The fourth-order valence-electron chi connectivity index (χ4n) is 1.56. The third kappa shape index (κ3) is 3.53. The van der Waals surface area contributed by atoms with Crippen LogP contribution in [-0.2, 0) is 10.0 Å². The monoisotopic (exact) mass is 287 g/mol. The molecule has 1 N–H and O–H groups in total. The molecule has 20 heavy (non-hydrogen) atoms. The van der Waals surface area contributed by atoms with Crippen molar-refractivity contribution >= 4 is 15.7 Å². The molecule has 0 fully saturated rings. The van der Waals surface area contributed by atoms with Gasteiger partial charge in [0.15, 0.2) is 0 Å². The molecule has 0 aliphatic heterocycles. The van der Waals surface area contributed by atoms with Crippen molar-refractivity contribution in [1.29, 1.82) is 0 Å². The Morgan fingerprint density at radius 1 is 1.05 bits per heavy atom. The van der Waals surface area contributed by atoms with Crippen LogP contribution in [0.4, 0.5) is 5.69 Å². The second kappa shape index (κ2) is 6.13. The number of ether oxygens (including phenoxy) is 1. The number of hydrogen-bond acceptors (Lipinski definition) is 3. The summed E-state index contributed by atoms with van der Waals surface area (Å²) < 4.78 is 31.9. The van der Waals surface area contributed by atoms with E-state index in [1.165, 1.54) is 12.1 Å². The zero-order valence-electron chi connectivity index (χ0n) is 10.6. The molecule has 0 amide bonds. The lowest BCUT2D eigenvalue weighted by Crippen LogP contribution is -2.12. The van der Waals surface area contributed by atoms with Gasteiger partial charge in [-0.1, -0.05) is 24.1 Å². The number of terminal acetylenes is 1. The van der Waals surface area contributed by atoms with Crippen LogP contribution in [0.25, 0.3) is 0 Å². The zero-order valence-corrected chi connectivity index (χ0v) is 11.4. The quantitative estimate of drug-likeness (QED) is 0.860. The Hall–Kier alpha value is -2.45. The molecule has 0 unspecified atom stereocenters. The summed E-state index contributed by atoms with van der Waals surface area (Å²) in [5, 5.41) is 0. The van der Waals surface area contributed by atoms with Crippen LogP contribution in [0.15, 0.2) is 59.5 Å². The molecule has 2 aromatic rings. The molecular weight excluding hydrogens is 274 g/mol. The lowest BCUT2D eigenvalue weighted by Gasteiger charge is -2.08. The van der Waals surface area contributed by atoms with E-state index in [1.807, 2.05) is 0 Å². The van der Waals surface area contributed by atoms with Crippen LogP contribution in [0.1, 0.15) is 0 Å². The fraction of sp³-hybridized carbons (Fsp3) is 0.0667. The molecule has 0 aromatic heterocycles. The van der Waals surface area contributed by atoms with Gasteiger partial charge in [0, 0.05) is 5.69 Å². The van der Waals surface area contributed by atoms with E-state index in [4.69, 9.17) is 11.2 Å². The predicted molar refractivity (Wildman–Crippen MR) is 78.0 cm³/mol. The standard InChI is InChI=1S/C15H13NO3S/c1-2-12-19-14-10-8-13(9-11-14)16-20(17,18)15-6-4-3-5-7-15/h1,3-11,16H,12H2. The van der Waals surface area contributed by atoms with Crippen molar-refractivity contribution in [3.05, 3.63) is 54.6 Å². The van der Waals surface area contributed by atoms with Crippen LogP contribution in [0, 0.1) is 12.3 Å². The van der Waals surface area contributed by atoms with Gasteiger partial charge in [0.2, 0.25) is 0 Å². The third-order valence-corrected chi connectivity index (χ3v) is 3.88. The van der Waals surface area contributed by atoms with Gasteiger partial charge < -0.3 is 4.74 Å². The Bertz CT molecular complexity index is 701. The normalized spacial score (nSPS) is 10.6. The highest BCUT2D eigenvalue weighted by Gasteiger charge is 2.13. The highest BCUT2D eigenvalue weighted by atomic mass is 32.2. The van der Waals surface area contributed by atoms with Crippen LogP contribution < -0.4 is 9.46 Å². The fourth-order valence-corrected chi connectivity index (χ4v) is 2.64. The first-order valence-corrected chi connectivity index (χ1v) is 7.34. The molecule has 0 spiro atoms. The summed E-state index contributed by atoms with van der Waals surface area (Å²) in [5.41, 5.74) is 0.460. The summed E-state index contributed by atoms with van der Waals surface area (Å²) in [6.07, 6.45) is 5.09. The van der Waals surface area contributed by atoms with Gasteiger partial charge in [-0.3, -0.25) is 4.72 Å². The van der Waals surface area contributed by atoms with Gasteiger partial charge in [0.05, 0.1) is 4.90 Å². The van der Waals surface area contributed by atoms with E-state index >= 15 is 0 Å². The Morgan fingerprint density at radius 3 is 2.30 bits per heavy atom. The summed E-state index contributed by atoms with van der Waals surface area (Å²) in [4.78, 5) is 0.215. The van der Waals surface area contributed by atoms with Crippen LogP contribution >= 0.6 is 0 Å². The Morgan fingerprint density at radius 2 is 1.70 bits per heavy atom. The molecule has 2 aromatic carbocycles. The van der Waals surface area contributed by atoms with Crippen molar-refractivity contribution in [2.75, 3.05) is 11.3 Å². The molecule has 0 atom stereocenters. The SMILES string of the molecule is C#CCOc1ccc(NS(=O)(=O)c2ccccc2)cc1. The lowest BCUT2D eigenvalue weighted by molar-refractivity contribution is 0.370. The van der Waals surface area contributed by atoms with E-state index in [0.717, 1.165) is 0 Å². The summed E-state index contributed by atoms with van der Waals surface area (Å²) >= 11 is 0. The molecule has 5 heteroatoms. The van der Waals surface area contributed by atoms with Crippen molar-refractivity contribution in [3.63, 3.8) is 0 Å². The van der Waals surface area contributed by atoms with Gasteiger partial charge in [0.1, 0.15) is 12.4 Å². The average molecular weight is 287 g/mol. The van der Waals surface area contributed by atoms with Gasteiger partial charge in [-0.15, -0.1) is 6.42 Å². The molecule has 0 radical (unpaired) electrons. The van der Waals surface area contributed by atoms with Gasteiger partial charge in [-0.25, -0.2) is 8.42 Å². The minimum Gasteiger partial charge on any atom is -0.481 e. The first-order chi connectivity index (χ1) is 9.62. The summed E-state index contributed by atoms with van der Waals surface area (Å²) in [5.74, 6) is 2.95. The minimum absolute atomic E-state index is 0.176. The molecule has 0 aliphatic rings. The van der Waals surface area contributed by atoms with Crippen LogP contribution in [0.3, 0.4) is 0 Å². The predicted octanol–water partition coefficient (Wildman–Crippen LogP) is 2.50. The van der Waals surface area contributed by atoms with Gasteiger partial charge in [-0.05, 0) is 36.4 Å². The molecule has 0 saturated heterocycles. The number of nitrogens with one attached hydrogen (secondary N) is 1. The Kier molecular flexibility index (Phi) is 4.28. The van der Waals surface area contributed by atoms with Crippen molar-refractivity contribution < 1.29 is 13.2 Å². The van der Waals surface area contributed by atoms with E-state index in [9.17, 15) is 8.42 Å². The zero-order chi connectivity index (χ0) is 14.4. The first kappa shape index (κ1) is 14.0. The molecule has 0 aliphatic carbocycles. The summed E-state index contributed by atoms with van der Waals surface area (Å²) in [6.45, 7) is 0.176. The van der Waals surface area contributed by atoms with Crippen LogP contribution in [0.2, 0.25) is 0 Å². The minimum atomic E-state index is -3.57. The third-order valence-electron chi connectivity index (χ3n) is 2.48. The first-order valence-electron chi connectivity index (χ1n) is 5.86. The van der Waals surface area contributed by atoms with E-state index in [2.05, 4.69) is 10.6 Å².